The van der Waals surface area contributed by atoms with Crippen LogP contribution in [-0.2, 0) is 26.0 Å². The van der Waals surface area contributed by atoms with Gasteiger partial charge in [-0.1, -0.05) is 13.0 Å². The molecular weight excluding hydrogens is 723 g/mol. The lowest BCUT2D eigenvalue weighted by molar-refractivity contribution is -0.382. The monoisotopic (exact) mass is 764 g/mol. The number of alkyl halides is 9. The molecule has 5 aliphatic carbocycles. The zero-order valence-electron chi connectivity index (χ0n) is 28.1. The van der Waals surface area contributed by atoms with E-state index in [0.29, 0.717) is 62.7 Å². The van der Waals surface area contributed by atoms with Crippen molar-refractivity contribution in [3.05, 3.63) is 29.3 Å². The Kier molecular flexibility index (Phi) is 8.02. The number of hydrogen-bond donors (Lipinski definition) is 2. The second-order valence-corrected chi connectivity index (χ2v) is 18.3. The fraction of sp³-hybridized carbons (Fsp3) is 0.824. The van der Waals surface area contributed by atoms with Crippen LogP contribution in [-0.4, -0.2) is 71.6 Å². The van der Waals surface area contributed by atoms with Crippen molar-refractivity contribution in [2.75, 3.05) is 6.61 Å². The van der Waals surface area contributed by atoms with Crippen LogP contribution in [0.15, 0.2) is 18.2 Å². The molecule has 2 spiro atoms. The highest BCUT2D eigenvalue weighted by Crippen LogP contribution is 2.74. The van der Waals surface area contributed by atoms with Crippen molar-refractivity contribution in [1.82, 2.24) is 0 Å². The molecule has 288 valence electrons. The predicted octanol–water partition coefficient (Wildman–Crippen LogP) is 7.48. The fourth-order valence-electron chi connectivity index (χ4n) is 11.3. The van der Waals surface area contributed by atoms with E-state index in [9.17, 15) is 58.1 Å². The molecular formula is C34H41F9O7S. The molecule has 51 heavy (non-hydrogen) atoms. The predicted molar refractivity (Wildman–Crippen MR) is 161 cm³/mol. The highest BCUT2D eigenvalue weighted by atomic mass is 32.2. The molecule has 9 atom stereocenters. The highest BCUT2D eigenvalue weighted by molar-refractivity contribution is 7.88. The lowest BCUT2D eigenvalue weighted by Crippen LogP contribution is -2.70. The Labute approximate surface area is 289 Å². The van der Waals surface area contributed by atoms with E-state index in [0.717, 1.165) is 18.6 Å². The number of ether oxygens (including phenoxy) is 2. The summed E-state index contributed by atoms with van der Waals surface area (Å²) in [5, 5.41) is 17.0. The SMILES string of the molecule is CC1(C)CCOC2(CC[C@@]34Cc5cc(OS(=O)(=O)C(F)(F)C(F)(F)C(F)(F)C(F)(F)F)ccc5C5C[C@]6(C)[C@@H](O)CC[C@H]6[C@H](CC[C@@]3(O)C2)C54)O1. The van der Waals surface area contributed by atoms with Crippen LogP contribution in [0.4, 0.5) is 39.5 Å². The quantitative estimate of drug-likeness (QED) is 0.237. The van der Waals surface area contributed by atoms with E-state index in [4.69, 9.17) is 9.47 Å². The first-order chi connectivity index (χ1) is 23.2. The van der Waals surface area contributed by atoms with Gasteiger partial charge in [-0.3, -0.25) is 0 Å². The van der Waals surface area contributed by atoms with Crippen LogP contribution in [0.5, 0.6) is 5.75 Å². The minimum atomic E-state index is -7.43. The maximum Gasteiger partial charge on any atom is 0.460 e. The first kappa shape index (κ1) is 37.5. The third-order valence-corrected chi connectivity index (χ3v) is 14.9. The summed E-state index contributed by atoms with van der Waals surface area (Å²) >= 11 is 0. The van der Waals surface area contributed by atoms with Crippen molar-refractivity contribution < 1.29 is 71.8 Å². The molecule has 3 unspecified atom stereocenters. The molecule has 1 aromatic rings. The number of aliphatic hydroxyl groups excluding tert-OH is 1. The minimum absolute atomic E-state index is 0.0674. The van der Waals surface area contributed by atoms with E-state index in [1.54, 1.807) is 0 Å². The summed E-state index contributed by atoms with van der Waals surface area (Å²) in [7, 11) is -7.16. The van der Waals surface area contributed by atoms with Gasteiger partial charge in [0.2, 0.25) is 0 Å². The molecule has 6 aliphatic rings. The minimum Gasteiger partial charge on any atom is -0.393 e. The van der Waals surface area contributed by atoms with Crippen LogP contribution < -0.4 is 4.18 Å². The van der Waals surface area contributed by atoms with Crippen molar-refractivity contribution in [3.8, 4) is 5.75 Å². The van der Waals surface area contributed by atoms with Gasteiger partial charge in [-0.2, -0.15) is 47.9 Å². The maximum absolute atomic E-state index is 14.6. The summed E-state index contributed by atoms with van der Waals surface area (Å²) in [4.78, 5) is 0. The molecule has 2 N–H and O–H groups in total. The van der Waals surface area contributed by atoms with Gasteiger partial charge in [0.05, 0.1) is 23.9 Å². The van der Waals surface area contributed by atoms with Crippen LogP contribution >= 0.6 is 0 Å². The van der Waals surface area contributed by atoms with Gasteiger partial charge in [0.25, 0.3) is 0 Å². The van der Waals surface area contributed by atoms with Crippen molar-refractivity contribution in [1.29, 1.82) is 0 Å². The van der Waals surface area contributed by atoms with Gasteiger partial charge in [-0.25, -0.2) is 0 Å². The Morgan fingerprint density at radius 1 is 0.902 bits per heavy atom. The van der Waals surface area contributed by atoms with Crippen LogP contribution in [0.3, 0.4) is 0 Å². The average Bonchev–Trinajstić information content (AvgIpc) is 3.29. The lowest BCUT2D eigenvalue weighted by atomic mass is 9.37. The third kappa shape index (κ3) is 5.01. The molecule has 1 aromatic carbocycles. The molecule has 0 amide bonds. The molecule has 7 rings (SSSR count). The standard InChI is InChI=1S/C34H41F9O7S/c1-26(2)12-13-48-30(50-26)11-10-28-15-18-14-19(49-51(46,47)34(42,43)32(37,38)31(35,36)33(39,40)41)4-5-20(18)22-16-27(3)23(6-7-24(27)44)21(25(22)28)8-9-29(28,45)17-30/h4-5,14,21-25,44-45H,6-13,15-17H2,1-3H3/t21-,22?,23-,24-,25?,27-,28-,29+,30?/m0/s1. The van der Waals surface area contributed by atoms with Gasteiger partial charge in [0.1, 0.15) is 5.75 Å². The van der Waals surface area contributed by atoms with Crippen molar-refractivity contribution >= 4 is 10.1 Å². The molecule has 7 nitrogen and oxygen atoms in total. The molecule has 17 heteroatoms. The first-order valence-electron chi connectivity index (χ1n) is 17.2. The maximum atomic E-state index is 14.6. The van der Waals surface area contributed by atoms with Gasteiger partial charge in [-0.05, 0) is 118 Å². The zero-order valence-corrected chi connectivity index (χ0v) is 29.0. The van der Waals surface area contributed by atoms with E-state index >= 15 is 0 Å². The third-order valence-electron chi connectivity index (χ3n) is 13.6. The number of aliphatic hydroxyl groups is 2. The lowest BCUT2D eigenvalue weighted by Gasteiger charge is -2.70. The Bertz CT molecular complexity index is 1700. The number of rotatable bonds is 5. The topological polar surface area (TPSA) is 102 Å². The van der Waals surface area contributed by atoms with Gasteiger partial charge >= 0.3 is 33.4 Å². The molecule has 1 saturated heterocycles. The van der Waals surface area contributed by atoms with Crippen molar-refractivity contribution in [3.63, 3.8) is 0 Å². The Morgan fingerprint density at radius 3 is 2.24 bits per heavy atom. The molecule has 5 fully saturated rings. The fourth-order valence-corrected chi connectivity index (χ4v) is 12.2. The molecule has 0 aromatic heterocycles. The van der Waals surface area contributed by atoms with E-state index in [1.807, 2.05) is 20.8 Å². The van der Waals surface area contributed by atoms with E-state index in [2.05, 4.69) is 4.18 Å². The van der Waals surface area contributed by atoms with Gasteiger partial charge in [0.15, 0.2) is 5.79 Å². The molecule has 1 aliphatic heterocycles. The summed E-state index contributed by atoms with van der Waals surface area (Å²) in [5.74, 6) is -17.2. The van der Waals surface area contributed by atoms with Gasteiger partial charge in [0, 0.05) is 18.3 Å². The van der Waals surface area contributed by atoms with Crippen LogP contribution in [0.25, 0.3) is 0 Å². The molecule has 0 bridgehead atoms. The summed E-state index contributed by atoms with van der Waals surface area (Å²) in [6.45, 7) is 6.28. The Balaban J connectivity index is 1.29. The van der Waals surface area contributed by atoms with Crippen molar-refractivity contribution in [2.45, 2.75) is 137 Å². The van der Waals surface area contributed by atoms with Gasteiger partial charge < -0.3 is 23.9 Å². The smallest absolute Gasteiger partial charge is 0.393 e. The Morgan fingerprint density at radius 2 is 1.59 bits per heavy atom. The van der Waals surface area contributed by atoms with Crippen LogP contribution in [0.2, 0.25) is 0 Å². The highest BCUT2D eigenvalue weighted by Gasteiger charge is 2.86. The number of hydrogen-bond acceptors (Lipinski definition) is 7. The molecule has 1 heterocycles. The van der Waals surface area contributed by atoms with E-state index in [-0.39, 0.29) is 36.5 Å². The average molecular weight is 765 g/mol. The number of halogens is 9. The summed E-state index contributed by atoms with van der Waals surface area (Å²) < 4.78 is 165. The molecule has 0 radical (unpaired) electrons. The largest absolute Gasteiger partial charge is 0.460 e. The second-order valence-electron chi connectivity index (χ2n) is 16.7. The molecule has 4 saturated carbocycles. The normalized spacial score (nSPS) is 40.9. The second kappa shape index (κ2) is 10.9. The van der Waals surface area contributed by atoms with Crippen molar-refractivity contribution in [2.24, 2.45) is 28.6 Å². The van der Waals surface area contributed by atoms with E-state index < -0.39 is 73.1 Å². The van der Waals surface area contributed by atoms with Crippen LogP contribution in [0.1, 0.15) is 95.6 Å². The summed E-state index contributed by atoms with van der Waals surface area (Å²) in [5.41, 5.74) is -2.41. The number of fused-ring (bicyclic) bond motifs is 4. The van der Waals surface area contributed by atoms with Gasteiger partial charge in [-0.15, -0.1) is 0 Å². The van der Waals surface area contributed by atoms with E-state index in [1.165, 1.54) is 6.07 Å². The number of benzene rings is 1. The van der Waals surface area contributed by atoms with Crippen LogP contribution in [0, 0.1) is 28.6 Å². The summed E-state index contributed by atoms with van der Waals surface area (Å²) in [6, 6.07) is 3.21. The zero-order chi connectivity index (χ0) is 37.6. The Hall–Kier alpha value is -1.82. The first-order valence-corrected chi connectivity index (χ1v) is 18.6. The summed E-state index contributed by atoms with van der Waals surface area (Å²) in [6.07, 6.45) is -3.45.